The molecule has 0 fully saturated rings. The predicted molar refractivity (Wildman–Crippen MR) is 215 cm³/mol. The number of hydrogen-bond donors (Lipinski definition) is 0. The van der Waals surface area contributed by atoms with Crippen molar-refractivity contribution in [3.8, 4) is 0 Å². The first-order chi connectivity index (χ1) is 24.7. The second-order valence-electron chi connectivity index (χ2n) is 16.3. The van der Waals surface area contributed by atoms with E-state index in [9.17, 15) is 14.4 Å². The summed E-state index contributed by atoms with van der Waals surface area (Å²) in [6.07, 6.45) is 35.3. The molecule has 0 N–H and O–H groups in total. The van der Waals surface area contributed by atoms with Crippen LogP contribution in [-0.2, 0) is 28.6 Å². The molecule has 0 aliphatic rings. The van der Waals surface area contributed by atoms with Crippen molar-refractivity contribution in [3.05, 3.63) is 0 Å². The number of carbonyl (C=O) groups excluding carboxylic acids is 3. The Balaban J connectivity index is 4.31. The molecule has 0 saturated carbocycles. The van der Waals surface area contributed by atoms with Crippen LogP contribution in [0.2, 0.25) is 0 Å². The second kappa shape index (κ2) is 38.1. The molecular weight excluding hydrogens is 636 g/mol. The van der Waals surface area contributed by atoms with E-state index >= 15 is 0 Å². The highest BCUT2D eigenvalue weighted by molar-refractivity contribution is 5.71. The lowest BCUT2D eigenvalue weighted by molar-refractivity contribution is -0.167. The minimum atomic E-state index is -0.760. The summed E-state index contributed by atoms with van der Waals surface area (Å²) in [7, 11) is 0. The summed E-state index contributed by atoms with van der Waals surface area (Å²) >= 11 is 0. The van der Waals surface area contributed by atoms with Gasteiger partial charge in [0.2, 0.25) is 0 Å². The van der Waals surface area contributed by atoms with Gasteiger partial charge in [-0.3, -0.25) is 14.4 Å². The number of esters is 3. The first kappa shape index (κ1) is 49.4. The van der Waals surface area contributed by atoms with E-state index in [0.717, 1.165) is 69.6 Å². The Hall–Kier alpha value is -1.59. The van der Waals surface area contributed by atoms with Gasteiger partial charge in [-0.2, -0.15) is 0 Å². The van der Waals surface area contributed by atoms with Crippen molar-refractivity contribution in [2.45, 2.75) is 246 Å². The lowest BCUT2D eigenvalue weighted by Crippen LogP contribution is -2.30. The average molecular weight is 723 g/mol. The summed E-state index contributed by atoms with van der Waals surface area (Å²) in [6, 6.07) is 0. The Morgan fingerprint density at radius 1 is 0.373 bits per heavy atom. The Bertz CT molecular complexity index is 779. The highest BCUT2D eigenvalue weighted by Gasteiger charge is 2.19. The summed E-state index contributed by atoms with van der Waals surface area (Å²) in [5, 5.41) is 0. The van der Waals surface area contributed by atoms with Crippen LogP contribution in [0.1, 0.15) is 240 Å². The van der Waals surface area contributed by atoms with Gasteiger partial charge < -0.3 is 14.2 Å². The molecule has 302 valence electrons. The Morgan fingerprint density at radius 2 is 0.647 bits per heavy atom. The normalized spacial score (nSPS) is 12.1. The van der Waals surface area contributed by atoms with Crippen LogP contribution in [0.5, 0.6) is 0 Å². The Morgan fingerprint density at radius 3 is 0.961 bits per heavy atom. The molecule has 1 atom stereocenters. The van der Waals surface area contributed by atoms with E-state index in [1.54, 1.807) is 0 Å². The van der Waals surface area contributed by atoms with Gasteiger partial charge in [0.15, 0.2) is 6.10 Å². The topological polar surface area (TPSA) is 78.9 Å². The maximum absolute atomic E-state index is 12.6. The van der Waals surface area contributed by atoms with E-state index in [0.29, 0.717) is 19.3 Å². The fourth-order valence-electron chi connectivity index (χ4n) is 6.58. The largest absolute Gasteiger partial charge is 0.462 e. The molecule has 0 heterocycles. The number of unbranched alkanes of at least 4 members (excludes halogenated alkanes) is 24. The zero-order valence-electron chi connectivity index (χ0n) is 34.7. The molecule has 0 spiro atoms. The number of carbonyl (C=O) groups is 3. The van der Waals surface area contributed by atoms with Crippen LogP contribution in [0, 0.1) is 11.8 Å². The SMILES string of the molecule is CCCCCCCCCCCCCCCC(=O)OC[C@H](COC(=O)CCCCCCCCCCC(C)C)OC(=O)CCCCCCCCC(C)C. The first-order valence-corrected chi connectivity index (χ1v) is 22.2. The third-order valence-corrected chi connectivity index (χ3v) is 9.97. The smallest absolute Gasteiger partial charge is 0.306 e. The van der Waals surface area contributed by atoms with Gasteiger partial charge in [0, 0.05) is 19.3 Å². The van der Waals surface area contributed by atoms with Crippen molar-refractivity contribution in [3.63, 3.8) is 0 Å². The molecular formula is C45H86O6. The van der Waals surface area contributed by atoms with Gasteiger partial charge in [-0.05, 0) is 31.1 Å². The van der Waals surface area contributed by atoms with Crippen LogP contribution in [-0.4, -0.2) is 37.2 Å². The van der Waals surface area contributed by atoms with Gasteiger partial charge in [-0.1, -0.05) is 202 Å². The maximum atomic E-state index is 12.6. The molecule has 0 aromatic carbocycles. The average Bonchev–Trinajstić information content (AvgIpc) is 3.09. The molecule has 6 nitrogen and oxygen atoms in total. The van der Waals surface area contributed by atoms with Crippen molar-refractivity contribution in [1.82, 2.24) is 0 Å². The van der Waals surface area contributed by atoms with Gasteiger partial charge >= 0.3 is 17.9 Å². The molecule has 51 heavy (non-hydrogen) atoms. The van der Waals surface area contributed by atoms with Gasteiger partial charge in [0.1, 0.15) is 13.2 Å². The minimum absolute atomic E-state index is 0.0662. The minimum Gasteiger partial charge on any atom is -0.462 e. The molecule has 0 unspecified atom stereocenters. The van der Waals surface area contributed by atoms with Gasteiger partial charge in [0.05, 0.1) is 0 Å². The van der Waals surface area contributed by atoms with E-state index in [1.165, 1.54) is 128 Å². The van der Waals surface area contributed by atoms with Crippen molar-refractivity contribution in [2.75, 3.05) is 13.2 Å². The number of rotatable bonds is 39. The van der Waals surface area contributed by atoms with Crippen LogP contribution in [0.25, 0.3) is 0 Å². The third kappa shape index (κ3) is 39.5. The molecule has 0 radical (unpaired) electrons. The fourth-order valence-corrected chi connectivity index (χ4v) is 6.58. The number of hydrogen-bond acceptors (Lipinski definition) is 6. The van der Waals surface area contributed by atoms with E-state index in [1.807, 2.05) is 0 Å². The highest BCUT2D eigenvalue weighted by atomic mass is 16.6. The second-order valence-corrected chi connectivity index (χ2v) is 16.3. The molecule has 0 amide bonds. The molecule has 0 saturated heterocycles. The molecule has 0 aliphatic carbocycles. The van der Waals surface area contributed by atoms with Crippen molar-refractivity contribution in [2.24, 2.45) is 11.8 Å². The number of ether oxygens (including phenoxy) is 3. The third-order valence-electron chi connectivity index (χ3n) is 9.97. The summed E-state index contributed by atoms with van der Waals surface area (Å²) < 4.78 is 16.7. The van der Waals surface area contributed by atoms with E-state index in [-0.39, 0.29) is 31.1 Å². The zero-order chi connectivity index (χ0) is 37.6. The van der Waals surface area contributed by atoms with Gasteiger partial charge in [-0.15, -0.1) is 0 Å². The van der Waals surface area contributed by atoms with Crippen LogP contribution in [0.4, 0.5) is 0 Å². The standard InChI is InChI=1S/C45H86O6/c1-6-7-8-9-10-11-12-13-14-15-19-25-30-35-43(46)49-38-42(51-45(48)37-32-27-22-21-24-29-34-41(4)5)39-50-44(47)36-31-26-20-17-16-18-23-28-33-40(2)3/h40-42H,6-39H2,1-5H3/t42-/m1/s1. The van der Waals surface area contributed by atoms with E-state index < -0.39 is 6.10 Å². The quantitative estimate of drug-likeness (QED) is 0.0357. The maximum Gasteiger partial charge on any atom is 0.306 e. The monoisotopic (exact) mass is 723 g/mol. The molecule has 6 heteroatoms. The summed E-state index contributed by atoms with van der Waals surface area (Å²) in [5.74, 6) is 0.690. The predicted octanol–water partition coefficient (Wildman–Crippen LogP) is 13.8. The summed E-state index contributed by atoms with van der Waals surface area (Å²) in [4.78, 5) is 37.6. The molecule has 0 bridgehead atoms. The van der Waals surface area contributed by atoms with Crippen molar-refractivity contribution >= 4 is 17.9 Å². The molecule has 0 aromatic rings. The fraction of sp³-hybridized carbons (Fsp3) is 0.933. The van der Waals surface area contributed by atoms with Crippen molar-refractivity contribution in [1.29, 1.82) is 0 Å². The molecule has 0 rings (SSSR count). The van der Waals surface area contributed by atoms with E-state index in [2.05, 4.69) is 34.6 Å². The zero-order valence-corrected chi connectivity index (χ0v) is 34.7. The molecule has 0 aliphatic heterocycles. The summed E-state index contributed by atoms with van der Waals surface area (Å²) in [5.41, 5.74) is 0. The lowest BCUT2D eigenvalue weighted by atomic mass is 10.0. The lowest BCUT2D eigenvalue weighted by Gasteiger charge is -2.18. The highest BCUT2D eigenvalue weighted by Crippen LogP contribution is 2.16. The van der Waals surface area contributed by atoms with Crippen LogP contribution in [0.15, 0.2) is 0 Å². The Kier molecular flexibility index (Phi) is 37.0. The first-order valence-electron chi connectivity index (χ1n) is 22.2. The summed E-state index contributed by atoms with van der Waals surface area (Å²) in [6.45, 7) is 11.2. The van der Waals surface area contributed by atoms with E-state index in [4.69, 9.17) is 14.2 Å². The van der Waals surface area contributed by atoms with Crippen LogP contribution in [0.3, 0.4) is 0 Å². The van der Waals surface area contributed by atoms with Crippen LogP contribution >= 0.6 is 0 Å². The van der Waals surface area contributed by atoms with Crippen molar-refractivity contribution < 1.29 is 28.6 Å². The molecule has 0 aromatic heterocycles. The Labute approximate surface area is 317 Å². The van der Waals surface area contributed by atoms with Gasteiger partial charge in [-0.25, -0.2) is 0 Å². The van der Waals surface area contributed by atoms with Gasteiger partial charge in [0.25, 0.3) is 0 Å². The van der Waals surface area contributed by atoms with Crippen LogP contribution < -0.4 is 0 Å².